The lowest BCUT2D eigenvalue weighted by molar-refractivity contribution is 0.122. The molecule has 1 aromatic heterocycles. The number of rotatable bonds is 4. The lowest BCUT2D eigenvalue weighted by Crippen LogP contribution is -2.19. The number of benzene rings is 1. The van der Waals surface area contributed by atoms with E-state index in [0.29, 0.717) is 0 Å². The summed E-state index contributed by atoms with van der Waals surface area (Å²) >= 11 is 5.80. The van der Waals surface area contributed by atoms with Gasteiger partial charge in [0.2, 0.25) is 0 Å². The van der Waals surface area contributed by atoms with Crippen molar-refractivity contribution < 1.29 is 18.0 Å². The summed E-state index contributed by atoms with van der Waals surface area (Å²) < 4.78 is 38.3. The van der Waals surface area contributed by atoms with Crippen LogP contribution in [0.4, 0.5) is 29.3 Å². The van der Waals surface area contributed by atoms with Crippen LogP contribution in [0.25, 0.3) is 0 Å². The minimum atomic E-state index is -2.54. The molecule has 0 saturated carbocycles. The molecule has 2 amide bonds. The van der Waals surface area contributed by atoms with Gasteiger partial charge in [-0.25, -0.2) is 18.0 Å². The van der Waals surface area contributed by atoms with Crippen molar-refractivity contribution in [1.29, 1.82) is 0 Å². The molecular weight excluding hydrogens is 309 g/mol. The summed E-state index contributed by atoms with van der Waals surface area (Å²) in [5.74, 6) is -0.556. The van der Waals surface area contributed by atoms with Crippen LogP contribution >= 0.6 is 11.6 Å². The number of hydrogen-bond acceptors (Lipinski definition) is 2. The molecule has 0 saturated heterocycles. The topological polar surface area (TPSA) is 59.0 Å². The summed E-state index contributed by atoms with van der Waals surface area (Å²) in [6, 6.07) is 2.81. The summed E-state index contributed by atoms with van der Waals surface area (Å²) in [6.45, 7) is -0.570. The number of alkyl halides is 2. The first-order valence-electron chi connectivity index (χ1n) is 5.77. The highest BCUT2D eigenvalue weighted by Gasteiger charge is 2.10. The predicted octanol–water partition coefficient (Wildman–Crippen LogP) is 3.58. The molecule has 9 heteroatoms. The van der Waals surface area contributed by atoms with Crippen molar-refractivity contribution in [2.45, 2.75) is 13.0 Å². The van der Waals surface area contributed by atoms with Gasteiger partial charge < -0.3 is 10.6 Å². The number of aromatic nitrogens is 2. The van der Waals surface area contributed by atoms with Gasteiger partial charge in [0.05, 0.1) is 22.6 Å². The predicted molar refractivity (Wildman–Crippen MR) is 72.3 cm³/mol. The van der Waals surface area contributed by atoms with Crippen LogP contribution < -0.4 is 10.6 Å². The number of nitrogens with one attached hydrogen (secondary N) is 2. The van der Waals surface area contributed by atoms with Gasteiger partial charge in [-0.1, -0.05) is 11.6 Å². The molecule has 2 N–H and O–H groups in total. The molecule has 2 rings (SSSR count). The van der Waals surface area contributed by atoms with E-state index >= 15 is 0 Å². The van der Waals surface area contributed by atoms with Crippen LogP contribution in [-0.4, -0.2) is 22.2 Å². The Kier molecular flexibility index (Phi) is 4.69. The van der Waals surface area contributed by atoms with E-state index in [1.807, 2.05) is 0 Å². The Morgan fingerprint density at radius 1 is 1.38 bits per heavy atom. The van der Waals surface area contributed by atoms with Gasteiger partial charge in [0.1, 0.15) is 12.4 Å². The van der Waals surface area contributed by atoms with Crippen molar-refractivity contribution in [2.24, 2.45) is 0 Å². The average Bonchev–Trinajstić information content (AvgIpc) is 2.80. The Morgan fingerprint density at radius 2 is 2.14 bits per heavy atom. The van der Waals surface area contributed by atoms with Gasteiger partial charge in [-0.3, -0.25) is 4.68 Å². The van der Waals surface area contributed by atoms with Gasteiger partial charge in [-0.2, -0.15) is 5.10 Å². The maximum atomic E-state index is 13.0. The smallest absolute Gasteiger partial charge is 0.306 e. The fourth-order valence-electron chi connectivity index (χ4n) is 1.55. The van der Waals surface area contributed by atoms with Crippen LogP contribution in [0.3, 0.4) is 0 Å². The monoisotopic (exact) mass is 318 g/mol. The van der Waals surface area contributed by atoms with Crippen LogP contribution in [0.1, 0.15) is 0 Å². The molecule has 0 spiro atoms. The van der Waals surface area contributed by atoms with E-state index in [2.05, 4.69) is 15.7 Å². The summed E-state index contributed by atoms with van der Waals surface area (Å²) in [5, 5.41) is 8.54. The van der Waals surface area contributed by atoms with E-state index in [0.717, 1.165) is 16.8 Å². The van der Waals surface area contributed by atoms with Crippen molar-refractivity contribution in [3.05, 3.63) is 41.4 Å². The largest absolute Gasteiger partial charge is 0.323 e. The van der Waals surface area contributed by atoms with Gasteiger partial charge in [0.15, 0.2) is 0 Å². The van der Waals surface area contributed by atoms with Crippen molar-refractivity contribution in [1.82, 2.24) is 9.78 Å². The van der Waals surface area contributed by atoms with Crippen molar-refractivity contribution in [3.8, 4) is 0 Å². The molecule has 0 bridgehead atoms. The second kappa shape index (κ2) is 6.49. The van der Waals surface area contributed by atoms with E-state index in [-0.39, 0.29) is 16.4 Å². The summed E-state index contributed by atoms with van der Waals surface area (Å²) in [4.78, 5) is 11.7. The van der Waals surface area contributed by atoms with Crippen LogP contribution in [0.5, 0.6) is 0 Å². The summed E-state index contributed by atoms with van der Waals surface area (Å²) in [7, 11) is 0. The van der Waals surface area contributed by atoms with Gasteiger partial charge in [-0.05, 0) is 18.2 Å². The third-order valence-electron chi connectivity index (χ3n) is 2.39. The average molecular weight is 319 g/mol. The Balaban J connectivity index is 1.98. The number of anilines is 2. The third kappa shape index (κ3) is 4.38. The molecule has 0 radical (unpaired) electrons. The number of amides is 2. The fraction of sp³-hybridized carbons (Fsp3) is 0.167. The fourth-order valence-corrected chi connectivity index (χ4v) is 1.71. The van der Waals surface area contributed by atoms with Crippen molar-refractivity contribution in [2.75, 3.05) is 10.6 Å². The SMILES string of the molecule is O=C(Nc1cnn(CC(F)F)c1)Nc1cc(F)ccc1Cl. The molecule has 21 heavy (non-hydrogen) atoms. The van der Waals surface area contributed by atoms with Gasteiger partial charge >= 0.3 is 6.03 Å². The maximum absolute atomic E-state index is 13.0. The Labute approximate surface area is 122 Å². The van der Waals surface area contributed by atoms with E-state index in [1.54, 1.807) is 0 Å². The normalized spacial score (nSPS) is 10.7. The lowest BCUT2D eigenvalue weighted by Gasteiger charge is -2.07. The first-order valence-corrected chi connectivity index (χ1v) is 6.15. The van der Waals surface area contributed by atoms with Crippen molar-refractivity contribution >= 4 is 29.0 Å². The Hall–Kier alpha value is -2.22. The summed E-state index contributed by atoms with van der Waals surface area (Å²) in [6.07, 6.45) is -0.0775. The number of hydrogen-bond donors (Lipinski definition) is 2. The molecule has 0 aliphatic heterocycles. The van der Waals surface area contributed by atoms with Crippen molar-refractivity contribution in [3.63, 3.8) is 0 Å². The number of carbonyl (C=O) groups is 1. The quantitative estimate of drug-likeness (QED) is 0.905. The van der Waals surface area contributed by atoms with Gasteiger partial charge in [0.25, 0.3) is 6.43 Å². The Morgan fingerprint density at radius 3 is 2.86 bits per heavy atom. The molecule has 2 aromatic rings. The lowest BCUT2D eigenvalue weighted by atomic mass is 10.3. The van der Waals surface area contributed by atoms with Gasteiger partial charge in [-0.15, -0.1) is 0 Å². The second-order valence-electron chi connectivity index (χ2n) is 4.05. The molecule has 0 aliphatic rings. The number of halogens is 4. The maximum Gasteiger partial charge on any atom is 0.323 e. The zero-order valence-electron chi connectivity index (χ0n) is 10.5. The standard InChI is InChI=1S/C12H10ClF3N4O/c13-9-2-1-7(14)3-10(9)19-12(21)18-8-4-17-20(5-8)6-11(15)16/h1-5,11H,6H2,(H2,18,19,21). The first-order chi connectivity index (χ1) is 9.94. The van der Waals surface area contributed by atoms with Gasteiger partial charge in [0, 0.05) is 6.20 Å². The highest BCUT2D eigenvalue weighted by atomic mass is 35.5. The molecule has 0 atom stereocenters. The first kappa shape index (κ1) is 15.2. The highest BCUT2D eigenvalue weighted by Crippen LogP contribution is 2.22. The van der Waals surface area contributed by atoms with Crippen LogP contribution in [0, 0.1) is 5.82 Å². The molecule has 0 unspecified atom stereocenters. The van der Waals surface area contributed by atoms with E-state index in [9.17, 15) is 18.0 Å². The number of urea groups is 1. The zero-order valence-corrected chi connectivity index (χ0v) is 11.2. The van der Waals surface area contributed by atoms with E-state index < -0.39 is 24.8 Å². The second-order valence-corrected chi connectivity index (χ2v) is 4.45. The molecule has 112 valence electrons. The number of carbonyl (C=O) groups excluding carboxylic acids is 1. The number of nitrogens with zero attached hydrogens (tertiary/aromatic N) is 2. The molecule has 1 aromatic carbocycles. The van der Waals surface area contributed by atoms with E-state index in [4.69, 9.17) is 11.6 Å². The molecule has 5 nitrogen and oxygen atoms in total. The third-order valence-corrected chi connectivity index (χ3v) is 2.72. The minimum Gasteiger partial charge on any atom is -0.306 e. The van der Waals surface area contributed by atoms with E-state index in [1.165, 1.54) is 18.5 Å². The summed E-state index contributed by atoms with van der Waals surface area (Å²) in [5.41, 5.74) is 0.315. The van der Waals surface area contributed by atoms with Crippen LogP contribution in [0.2, 0.25) is 5.02 Å². The molecule has 1 heterocycles. The Bertz CT molecular complexity index is 647. The van der Waals surface area contributed by atoms with Crippen LogP contribution in [0.15, 0.2) is 30.6 Å². The molecule has 0 fully saturated rings. The minimum absolute atomic E-state index is 0.0918. The highest BCUT2D eigenvalue weighted by molar-refractivity contribution is 6.33. The van der Waals surface area contributed by atoms with Crippen LogP contribution in [-0.2, 0) is 6.54 Å². The molecular formula is C12H10ClF3N4O. The zero-order chi connectivity index (χ0) is 15.4. The molecule has 0 aliphatic carbocycles.